The Morgan fingerprint density at radius 1 is 1.40 bits per heavy atom. The molecular weight excluding hydrogens is 257 g/mol. The van der Waals surface area contributed by atoms with Crippen LogP contribution in [0.1, 0.15) is 38.2 Å². The molecule has 3 nitrogen and oxygen atoms in total. The zero-order valence-corrected chi connectivity index (χ0v) is 12.0. The monoisotopic (exact) mass is 279 g/mol. The van der Waals surface area contributed by atoms with Crippen molar-refractivity contribution in [3.8, 4) is 0 Å². The lowest BCUT2D eigenvalue weighted by Gasteiger charge is -2.14. The predicted octanol–water partition coefficient (Wildman–Crippen LogP) is 2.45. The second kappa shape index (κ2) is 6.35. The number of amides is 1. The minimum Gasteiger partial charge on any atom is -0.393 e. The van der Waals surface area contributed by atoms with Crippen LogP contribution >= 0.6 is 0 Å². The number of aliphatic hydroxyl groups excluding tert-OH is 1. The molecule has 4 heteroatoms. The van der Waals surface area contributed by atoms with Crippen molar-refractivity contribution in [2.24, 2.45) is 11.8 Å². The van der Waals surface area contributed by atoms with Crippen LogP contribution in [0.3, 0.4) is 0 Å². The summed E-state index contributed by atoms with van der Waals surface area (Å²) in [7, 11) is 0. The van der Waals surface area contributed by atoms with Crippen LogP contribution in [0.15, 0.2) is 24.3 Å². The van der Waals surface area contributed by atoms with E-state index in [2.05, 4.69) is 5.32 Å². The quantitative estimate of drug-likeness (QED) is 0.840. The van der Waals surface area contributed by atoms with Crippen molar-refractivity contribution >= 4 is 5.91 Å². The third-order valence-electron chi connectivity index (χ3n) is 3.79. The summed E-state index contributed by atoms with van der Waals surface area (Å²) in [4.78, 5) is 12.0. The molecule has 110 valence electrons. The lowest BCUT2D eigenvalue weighted by molar-refractivity contribution is -0.122. The first kappa shape index (κ1) is 15.0. The molecule has 0 heterocycles. The predicted molar refractivity (Wildman–Crippen MR) is 75.7 cm³/mol. The normalized spacial score (nSPS) is 24.0. The van der Waals surface area contributed by atoms with Gasteiger partial charge in [-0.05, 0) is 49.3 Å². The first-order valence-electron chi connectivity index (χ1n) is 7.18. The van der Waals surface area contributed by atoms with E-state index < -0.39 is 0 Å². The van der Waals surface area contributed by atoms with Crippen molar-refractivity contribution in [3.05, 3.63) is 35.6 Å². The van der Waals surface area contributed by atoms with Gasteiger partial charge in [0.2, 0.25) is 5.91 Å². The molecule has 0 aromatic heterocycles. The maximum Gasteiger partial charge on any atom is 0.223 e. The zero-order valence-electron chi connectivity index (χ0n) is 12.0. The third kappa shape index (κ3) is 4.04. The van der Waals surface area contributed by atoms with E-state index >= 15 is 0 Å². The molecule has 2 rings (SSSR count). The summed E-state index contributed by atoms with van der Waals surface area (Å²) in [6.07, 6.45) is 1.18. The van der Waals surface area contributed by atoms with Crippen molar-refractivity contribution in [3.63, 3.8) is 0 Å². The summed E-state index contributed by atoms with van der Waals surface area (Å²) in [6.45, 7) is 4.36. The Morgan fingerprint density at radius 2 is 2.05 bits per heavy atom. The molecule has 1 aliphatic carbocycles. The maximum absolute atomic E-state index is 12.8. The van der Waals surface area contributed by atoms with Crippen molar-refractivity contribution in [1.82, 2.24) is 5.32 Å². The number of hydrogen-bond acceptors (Lipinski definition) is 2. The molecule has 2 N–H and O–H groups in total. The largest absolute Gasteiger partial charge is 0.393 e. The number of rotatable bonds is 6. The van der Waals surface area contributed by atoms with E-state index in [1.54, 1.807) is 19.1 Å². The number of carbonyl (C=O) groups excluding carboxylic acids is 1. The number of benzene rings is 1. The van der Waals surface area contributed by atoms with Gasteiger partial charge in [0, 0.05) is 12.5 Å². The lowest BCUT2D eigenvalue weighted by Crippen LogP contribution is -2.30. The van der Waals surface area contributed by atoms with Crippen LogP contribution in [0.2, 0.25) is 0 Å². The Hall–Kier alpha value is -1.42. The molecule has 0 saturated heterocycles. The SMILES string of the molecule is CC(O)CC(C)CNC(=O)C1CC1c1ccc(F)cc1. The second-order valence-corrected chi connectivity index (χ2v) is 5.94. The Balaban J connectivity index is 1.77. The van der Waals surface area contributed by atoms with Crippen LogP contribution in [0, 0.1) is 17.7 Å². The molecule has 1 saturated carbocycles. The molecular formula is C16H22FNO2. The average molecular weight is 279 g/mol. The first-order chi connectivity index (χ1) is 9.47. The van der Waals surface area contributed by atoms with Crippen LogP contribution < -0.4 is 5.32 Å². The van der Waals surface area contributed by atoms with Crippen LogP contribution in [0.25, 0.3) is 0 Å². The van der Waals surface area contributed by atoms with E-state index in [9.17, 15) is 14.3 Å². The highest BCUT2D eigenvalue weighted by atomic mass is 19.1. The van der Waals surface area contributed by atoms with Gasteiger partial charge >= 0.3 is 0 Å². The van der Waals surface area contributed by atoms with E-state index in [0.717, 1.165) is 12.0 Å². The van der Waals surface area contributed by atoms with Gasteiger partial charge in [-0.1, -0.05) is 19.1 Å². The molecule has 1 aliphatic rings. The second-order valence-electron chi connectivity index (χ2n) is 5.94. The maximum atomic E-state index is 12.8. The van der Waals surface area contributed by atoms with E-state index in [1.807, 2.05) is 6.92 Å². The lowest BCUT2D eigenvalue weighted by atomic mass is 10.0. The minimum absolute atomic E-state index is 0.0132. The summed E-state index contributed by atoms with van der Waals surface area (Å²) in [5.41, 5.74) is 1.03. The van der Waals surface area contributed by atoms with Gasteiger partial charge in [-0.3, -0.25) is 4.79 Å². The molecule has 1 fully saturated rings. The Bertz CT molecular complexity index is 458. The fraction of sp³-hybridized carbons (Fsp3) is 0.562. The Morgan fingerprint density at radius 3 is 2.65 bits per heavy atom. The first-order valence-corrected chi connectivity index (χ1v) is 7.18. The van der Waals surface area contributed by atoms with Crippen LogP contribution in [0.4, 0.5) is 4.39 Å². The summed E-state index contributed by atoms with van der Waals surface area (Å²) in [5, 5.41) is 12.2. The van der Waals surface area contributed by atoms with Gasteiger partial charge in [0.15, 0.2) is 0 Å². The highest BCUT2D eigenvalue weighted by molar-refractivity contribution is 5.82. The van der Waals surface area contributed by atoms with Crippen molar-refractivity contribution in [2.45, 2.75) is 38.7 Å². The van der Waals surface area contributed by atoms with E-state index in [0.29, 0.717) is 13.0 Å². The highest BCUT2D eigenvalue weighted by Gasteiger charge is 2.43. The van der Waals surface area contributed by atoms with Crippen LogP contribution in [-0.2, 0) is 4.79 Å². The van der Waals surface area contributed by atoms with Gasteiger partial charge in [-0.15, -0.1) is 0 Å². The molecule has 0 aliphatic heterocycles. The smallest absolute Gasteiger partial charge is 0.223 e. The third-order valence-corrected chi connectivity index (χ3v) is 3.79. The number of hydrogen-bond donors (Lipinski definition) is 2. The van der Waals surface area contributed by atoms with Gasteiger partial charge in [0.25, 0.3) is 0 Å². The number of halogens is 1. The van der Waals surface area contributed by atoms with E-state index in [4.69, 9.17) is 0 Å². The van der Waals surface area contributed by atoms with Gasteiger partial charge in [0.05, 0.1) is 6.10 Å². The van der Waals surface area contributed by atoms with Crippen molar-refractivity contribution in [1.29, 1.82) is 0 Å². The minimum atomic E-state index is -0.338. The van der Waals surface area contributed by atoms with E-state index in [1.165, 1.54) is 12.1 Å². The molecule has 1 amide bonds. The van der Waals surface area contributed by atoms with Gasteiger partial charge in [-0.2, -0.15) is 0 Å². The van der Waals surface area contributed by atoms with E-state index in [-0.39, 0.29) is 35.6 Å². The van der Waals surface area contributed by atoms with Crippen LogP contribution in [0.5, 0.6) is 0 Å². The molecule has 4 unspecified atom stereocenters. The fourth-order valence-electron chi connectivity index (χ4n) is 2.63. The van der Waals surface area contributed by atoms with Gasteiger partial charge in [-0.25, -0.2) is 4.39 Å². The standard InChI is InChI=1S/C16H22FNO2/c1-10(7-11(2)19)9-18-16(20)15-8-14(15)12-3-5-13(17)6-4-12/h3-6,10-11,14-15,19H,7-9H2,1-2H3,(H,18,20). The summed E-state index contributed by atoms with van der Waals surface area (Å²) < 4.78 is 12.8. The molecule has 20 heavy (non-hydrogen) atoms. The average Bonchev–Trinajstić information content (AvgIpc) is 3.16. The van der Waals surface area contributed by atoms with Crippen molar-refractivity contribution < 1.29 is 14.3 Å². The number of aliphatic hydroxyl groups is 1. The number of carbonyl (C=O) groups is 1. The number of nitrogens with one attached hydrogen (secondary N) is 1. The van der Waals surface area contributed by atoms with Crippen molar-refractivity contribution in [2.75, 3.05) is 6.54 Å². The Labute approximate surface area is 119 Å². The summed E-state index contributed by atoms with van der Waals surface area (Å²) in [5.74, 6) is 0.322. The topological polar surface area (TPSA) is 49.3 Å². The highest BCUT2D eigenvalue weighted by Crippen LogP contribution is 2.47. The summed E-state index contributed by atoms with van der Waals surface area (Å²) >= 11 is 0. The molecule has 1 aromatic rings. The molecule has 0 radical (unpaired) electrons. The summed E-state index contributed by atoms with van der Waals surface area (Å²) in [6, 6.07) is 6.38. The Kier molecular flexibility index (Phi) is 4.76. The van der Waals surface area contributed by atoms with Gasteiger partial charge < -0.3 is 10.4 Å². The zero-order chi connectivity index (χ0) is 14.7. The molecule has 4 atom stereocenters. The van der Waals surface area contributed by atoms with Crippen LogP contribution in [-0.4, -0.2) is 23.7 Å². The van der Waals surface area contributed by atoms with Gasteiger partial charge in [0.1, 0.15) is 5.82 Å². The molecule has 1 aromatic carbocycles. The molecule has 0 bridgehead atoms. The fourth-order valence-corrected chi connectivity index (χ4v) is 2.63. The molecule has 0 spiro atoms.